The summed E-state index contributed by atoms with van der Waals surface area (Å²) in [5.74, 6) is 1.17. The van der Waals surface area contributed by atoms with Crippen LogP contribution in [0.15, 0.2) is 48.5 Å². The lowest BCUT2D eigenvalue weighted by molar-refractivity contribution is -0.114. The van der Waals surface area contributed by atoms with Gasteiger partial charge in [0.25, 0.3) is 0 Å². The normalized spacial score (nSPS) is 10.5. The summed E-state index contributed by atoms with van der Waals surface area (Å²) in [4.78, 5) is 12.3. The zero-order valence-corrected chi connectivity index (χ0v) is 16.2. The van der Waals surface area contributed by atoms with Crippen molar-refractivity contribution in [3.8, 4) is 11.5 Å². The predicted octanol–water partition coefficient (Wildman–Crippen LogP) is 3.94. The molecule has 0 bridgehead atoms. The maximum absolute atomic E-state index is 12.3. The number of nitrogens with one attached hydrogen (secondary N) is 2. The SMILES string of the molecule is CCOCCOc1ccccc1NCC(=O)Nc1ccccc1OC(C)C. The highest BCUT2D eigenvalue weighted by molar-refractivity contribution is 5.95. The average molecular weight is 372 g/mol. The minimum Gasteiger partial charge on any atom is -0.489 e. The standard InChI is InChI=1S/C21H28N2O4/c1-4-25-13-14-26-19-11-7-5-9-17(19)22-15-21(24)23-18-10-6-8-12-20(18)27-16(2)3/h5-12,16,22H,4,13-15H2,1-3H3,(H,23,24). The first kappa shape index (κ1) is 20.6. The van der Waals surface area contributed by atoms with Crippen LogP contribution in [0.2, 0.25) is 0 Å². The van der Waals surface area contributed by atoms with Crippen LogP contribution in [0, 0.1) is 0 Å². The molecule has 0 aromatic heterocycles. The van der Waals surface area contributed by atoms with Crippen molar-refractivity contribution < 1.29 is 19.0 Å². The van der Waals surface area contributed by atoms with Crippen LogP contribution in [0.25, 0.3) is 0 Å². The Morgan fingerprint density at radius 3 is 2.33 bits per heavy atom. The van der Waals surface area contributed by atoms with E-state index in [0.29, 0.717) is 37.0 Å². The van der Waals surface area contributed by atoms with Crippen molar-refractivity contribution in [2.24, 2.45) is 0 Å². The lowest BCUT2D eigenvalue weighted by atomic mass is 10.2. The Hall–Kier alpha value is -2.73. The van der Waals surface area contributed by atoms with Crippen molar-refractivity contribution in [1.29, 1.82) is 0 Å². The van der Waals surface area contributed by atoms with Crippen LogP contribution in [0.1, 0.15) is 20.8 Å². The molecule has 0 aliphatic carbocycles. The van der Waals surface area contributed by atoms with E-state index in [0.717, 1.165) is 5.69 Å². The van der Waals surface area contributed by atoms with Crippen LogP contribution in [0.3, 0.4) is 0 Å². The third-order valence-corrected chi connectivity index (χ3v) is 3.54. The van der Waals surface area contributed by atoms with E-state index in [1.165, 1.54) is 0 Å². The molecule has 2 aromatic rings. The Balaban J connectivity index is 1.91. The lowest BCUT2D eigenvalue weighted by Gasteiger charge is -2.16. The summed E-state index contributed by atoms with van der Waals surface area (Å²) in [5, 5.41) is 5.99. The third-order valence-electron chi connectivity index (χ3n) is 3.54. The molecule has 2 N–H and O–H groups in total. The molecule has 0 aliphatic rings. The summed E-state index contributed by atoms with van der Waals surface area (Å²) in [6.07, 6.45) is 0.0295. The van der Waals surface area contributed by atoms with Crippen molar-refractivity contribution in [2.45, 2.75) is 26.9 Å². The zero-order chi connectivity index (χ0) is 19.5. The quantitative estimate of drug-likeness (QED) is 0.585. The second kappa shape index (κ2) is 11.1. The highest BCUT2D eigenvalue weighted by atomic mass is 16.5. The van der Waals surface area contributed by atoms with Gasteiger partial charge in [-0.15, -0.1) is 0 Å². The summed E-state index contributed by atoms with van der Waals surface area (Å²) >= 11 is 0. The second-order valence-corrected chi connectivity index (χ2v) is 6.11. The number of para-hydroxylation sites is 4. The predicted molar refractivity (Wildman–Crippen MR) is 108 cm³/mol. The molecule has 27 heavy (non-hydrogen) atoms. The van der Waals surface area contributed by atoms with E-state index in [4.69, 9.17) is 14.2 Å². The molecule has 0 heterocycles. The van der Waals surface area contributed by atoms with E-state index in [1.807, 2.05) is 69.3 Å². The molecule has 0 saturated carbocycles. The largest absolute Gasteiger partial charge is 0.489 e. The maximum atomic E-state index is 12.3. The van der Waals surface area contributed by atoms with Crippen LogP contribution in [0.5, 0.6) is 11.5 Å². The second-order valence-electron chi connectivity index (χ2n) is 6.11. The molecule has 2 aromatic carbocycles. The van der Waals surface area contributed by atoms with Crippen molar-refractivity contribution in [3.05, 3.63) is 48.5 Å². The molecule has 0 saturated heterocycles. The van der Waals surface area contributed by atoms with Crippen LogP contribution >= 0.6 is 0 Å². The topological polar surface area (TPSA) is 68.8 Å². The minimum absolute atomic E-state index is 0.0295. The number of amides is 1. The molecular formula is C21H28N2O4. The molecule has 0 radical (unpaired) electrons. The number of anilines is 2. The van der Waals surface area contributed by atoms with Gasteiger partial charge in [0.15, 0.2) is 0 Å². The highest BCUT2D eigenvalue weighted by Crippen LogP contribution is 2.25. The van der Waals surface area contributed by atoms with E-state index in [-0.39, 0.29) is 18.6 Å². The fraction of sp³-hybridized carbons (Fsp3) is 0.381. The molecule has 0 spiro atoms. The number of carbonyl (C=O) groups excluding carboxylic acids is 1. The van der Waals surface area contributed by atoms with Gasteiger partial charge in [0.05, 0.1) is 30.6 Å². The molecular weight excluding hydrogens is 344 g/mol. The Bertz CT molecular complexity index is 719. The molecule has 6 heteroatoms. The number of hydrogen-bond acceptors (Lipinski definition) is 5. The van der Waals surface area contributed by atoms with Gasteiger partial charge in [-0.2, -0.15) is 0 Å². The minimum atomic E-state index is -0.168. The van der Waals surface area contributed by atoms with Crippen molar-refractivity contribution in [1.82, 2.24) is 0 Å². The van der Waals surface area contributed by atoms with Crippen LogP contribution < -0.4 is 20.1 Å². The van der Waals surface area contributed by atoms with Gasteiger partial charge in [0, 0.05) is 6.61 Å². The average Bonchev–Trinajstić information content (AvgIpc) is 2.65. The fourth-order valence-corrected chi connectivity index (χ4v) is 2.39. The van der Waals surface area contributed by atoms with Gasteiger partial charge in [0.1, 0.15) is 18.1 Å². The third kappa shape index (κ3) is 7.19. The smallest absolute Gasteiger partial charge is 0.243 e. The van der Waals surface area contributed by atoms with Gasteiger partial charge >= 0.3 is 0 Å². The maximum Gasteiger partial charge on any atom is 0.243 e. The van der Waals surface area contributed by atoms with Gasteiger partial charge in [-0.05, 0) is 45.0 Å². The van der Waals surface area contributed by atoms with Gasteiger partial charge in [0.2, 0.25) is 5.91 Å². The summed E-state index contributed by atoms with van der Waals surface area (Å²) in [5.41, 5.74) is 1.41. The zero-order valence-electron chi connectivity index (χ0n) is 16.2. The first-order valence-corrected chi connectivity index (χ1v) is 9.19. The van der Waals surface area contributed by atoms with Crippen molar-refractivity contribution in [3.63, 3.8) is 0 Å². The van der Waals surface area contributed by atoms with Crippen LogP contribution in [-0.4, -0.2) is 38.4 Å². The van der Waals surface area contributed by atoms with Gasteiger partial charge < -0.3 is 24.8 Å². The van der Waals surface area contributed by atoms with E-state index >= 15 is 0 Å². The first-order chi connectivity index (χ1) is 13.1. The molecule has 146 valence electrons. The number of rotatable bonds is 11. The number of carbonyl (C=O) groups is 1. The Kier molecular flexibility index (Phi) is 8.45. The van der Waals surface area contributed by atoms with Crippen molar-refractivity contribution >= 4 is 17.3 Å². The van der Waals surface area contributed by atoms with Gasteiger partial charge in [-0.3, -0.25) is 4.79 Å². The Morgan fingerprint density at radius 2 is 1.63 bits per heavy atom. The number of benzene rings is 2. The molecule has 0 unspecified atom stereocenters. The molecule has 2 rings (SSSR count). The molecule has 0 fully saturated rings. The molecule has 6 nitrogen and oxygen atoms in total. The van der Waals surface area contributed by atoms with Gasteiger partial charge in [-0.1, -0.05) is 24.3 Å². The summed E-state index contributed by atoms with van der Waals surface area (Å²) in [6, 6.07) is 14.9. The number of hydrogen-bond donors (Lipinski definition) is 2. The van der Waals surface area contributed by atoms with Crippen molar-refractivity contribution in [2.75, 3.05) is 37.0 Å². The molecule has 0 atom stereocenters. The van der Waals surface area contributed by atoms with E-state index in [9.17, 15) is 4.79 Å². The van der Waals surface area contributed by atoms with E-state index in [2.05, 4.69) is 10.6 Å². The highest BCUT2D eigenvalue weighted by Gasteiger charge is 2.10. The monoisotopic (exact) mass is 372 g/mol. The van der Waals surface area contributed by atoms with Crippen LogP contribution in [-0.2, 0) is 9.53 Å². The Morgan fingerprint density at radius 1 is 0.963 bits per heavy atom. The lowest BCUT2D eigenvalue weighted by Crippen LogP contribution is -2.22. The van der Waals surface area contributed by atoms with E-state index in [1.54, 1.807) is 0 Å². The molecule has 0 aliphatic heterocycles. The summed E-state index contributed by atoms with van der Waals surface area (Å²) in [6.45, 7) is 7.59. The first-order valence-electron chi connectivity index (χ1n) is 9.19. The van der Waals surface area contributed by atoms with Gasteiger partial charge in [-0.25, -0.2) is 0 Å². The Labute approximate surface area is 160 Å². The number of ether oxygens (including phenoxy) is 3. The van der Waals surface area contributed by atoms with Crippen LogP contribution in [0.4, 0.5) is 11.4 Å². The summed E-state index contributed by atoms with van der Waals surface area (Å²) < 4.78 is 16.7. The molecule has 1 amide bonds. The summed E-state index contributed by atoms with van der Waals surface area (Å²) in [7, 11) is 0. The van der Waals surface area contributed by atoms with E-state index < -0.39 is 0 Å². The fourth-order valence-electron chi connectivity index (χ4n) is 2.39.